The summed E-state index contributed by atoms with van der Waals surface area (Å²) in [7, 11) is -4.25. The number of aromatic carboxylic acids is 2. The lowest BCUT2D eigenvalue weighted by Crippen LogP contribution is -2.50. The van der Waals surface area contributed by atoms with Crippen molar-refractivity contribution in [2.45, 2.75) is 11.1 Å². The molecule has 1 amide bonds. The van der Waals surface area contributed by atoms with E-state index in [1.807, 2.05) is 30.3 Å². The largest absolute Gasteiger partial charge is 0.478 e. The summed E-state index contributed by atoms with van der Waals surface area (Å²) in [6.45, 7) is 1.48. The van der Waals surface area contributed by atoms with Gasteiger partial charge in [0.1, 0.15) is 4.88 Å². The first kappa shape index (κ1) is 22.9. The number of carboxylic acid groups (broad SMARTS) is 2. The van der Waals surface area contributed by atoms with Gasteiger partial charge in [-0.2, -0.15) is 4.31 Å². The quantitative estimate of drug-likeness (QED) is 0.564. The number of sulfonamides is 1. The molecule has 0 atom stereocenters. The lowest BCUT2D eigenvalue weighted by atomic mass is 10.1. The number of carboxylic acids is 2. The van der Waals surface area contributed by atoms with Gasteiger partial charge in [0, 0.05) is 31.7 Å². The van der Waals surface area contributed by atoms with Crippen LogP contribution in [-0.4, -0.2) is 71.9 Å². The van der Waals surface area contributed by atoms with E-state index in [2.05, 4.69) is 0 Å². The van der Waals surface area contributed by atoms with Crippen LogP contribution in [0, 0.1) is 6.92 Å². The Labute approximate surface area is 193 Å². The molecule has 11 heteroatoms. The van der Waals surface area contributed by atoms with Crippen LogP contribution in [0.5, 0.6) is 0 Å². The highest BCUT2D eigenvalue weighted by molar-refractivity contribution is 7.91. The summed E-state index contributed by atoms with van der Waals surface area (Å²) in [6.07, 6.45) is 0. The van der Waals surface area contributed by atoms with Crippen molar-refractivity contribution in [2.75, 3.05) is 26.2 Å². The highest BCUT2D eigenvalue weighted by Crippen LogP contribution is 2.34. The third-order valence-electron chi connectivity index (χ3n) is 5.62. The molecule has 1 saturated heterocycles. The van der Waals surface area contributed by atoms with Crippen LogP contribution >= 0.6 is 11.3 Å². The van der Waals surface area contributed by atoms with Gasteiger partial charge in [0.25, 0.3) is 15.9 Å². The molecule has 0 unspecified atom stereocenters. The summed E-state index contributed by atoms with van der Waals surface area (Å²) in [6, 6.07) is 13.0. The molecule has 1 fully saturated rings. The van der Waals surface area contributed by atoms with Crippen molar-refractivity contribution in [3.05, 3.63) is 64.0 Å². The Kier molecular flexibility index (Phi) is 5.95. The number of rotatable bonds is 5. The molecule has 3 aromatic rings. The normalized spacial score (nSPS) is 15.0. The lowest BCUT2D eigenvalue weighted by Gasteiger charge is -2.34. The van der Waals surface area contributed by atoms with Gasteiger partial charge in [0.2, 0.25) is 0 Å². The Hall–Kier alpha value is -3.28. The third-order valence-corrected chi connectivity index (χ3v) is 9.29. The van der Waals surface area contributed by atoms with Gasteiger partial charge in [-0.25, -0.2) is 18.0 Å². The highest BCUT2D eigenvalue weighted by Gasteiger charge is 2.37. The first-order chi connectivity index (χ1) is 15.6. The van der Waals surface area contributed by atoms with Gasteiger partial charge in [0.05, 0.1) is 5.56 Å². The van der Waals surface area contributed by atoms with E-state index in [-0.39, 0.29) is 42.5 Å². The number of piperazine rings is 1. The molecule has 0 radical (unpaired) electrons. The van der Waals surface area contributed by atoms with Gasteiger partial charge in [-0.15, -0.1) is 11.3 Å². The Morgan fingerprint density at radius 2 is 1.55 bits per heavy atom. The molecular formula is C22H20N2O7S2. The summed E-state index contributed by atoms with van der Waals surface area (Å²) in [4.78, 5) is 37.3. The number of nitrogens with zero attached hydrogens (tertiary/aromatic N) is 2. The monoisotopic (exact) mass is 488 g/mol. The van der Waals surface area contributed by atoms with Crippen molar-refractivity contribution in [2.24, 2.45) is 0 Å². The maximum atomic E-state index is 13.2. The molecule has 172 valence electrons. The SMILES string of the molecule is Cc1c(C(=O)O)sc(S(=O)(=O)N2CCN(C(=O)c3ccc4ccccc4c3)CC2)c1C(=O)O. The van der Waals surface area contributed by atoms with Crippen LogP contribution in [0.3, 0.4) is 0 Å². The topological polar surface area (TPSA) is 132 Å². The molecule has 0 saturated carbocycles. The van der Waals surface area contributed by atoms with Gasteiger partial charge in [-0.1, -0.05) is 30.3 Å². The fraction of sp³-hybridized carbons (Fsp3) is 0.227. The minimum Gasteiger partial charge on any atom is -0.478 e. The van der Waals surface area contributed by atoms with E-state index in [9.17, 15) is 33.0 Å². The van der Waals surface area contributed by atoms with Crippen LogP contribution in [0.25, 0.3) is 10.8 Å². The molecule has 33 heavy (non-hydrogen) atoms. The fourth-order valence-corrected chi connectivity index (χ4v) is 7.11. The predicted molar refractivity (Wildman–Crippen MR) is 122 cm³/mol. The smallest absolute Gasteiger partial charge is 0.346 e. The Balaban J connectivity index is 1.55. The summed E-state index contributed by atoms with van der Waals surface area (Å²) in [5.74, 6) is -3.10. The molecule has 4 rings (SSSR count). The highest BCUT2D eigenvalue weighted by atomic mass is 32.2. The second-order valence-corrected chi connectivity index (χ2v) is 10.7. The molecule has 1 aliphatic rings. The molecule has 2 heterocycles. The molecule has 9 nitrogen and oxygen atoms in total. The number of thiophene rings is 1. The maximum Gasteiger partial charge on any atom is 0.346 e. The van der Waals surface area contributed by atoms with Crippen molar-refractivity contribution < 1.29 is 33.0 Å². The van der Waals surface area contributed by atoms with Crippen LogP contribution < -0.4 is 0 Å². The zero-order valence-electron chi connectivity index (χ0n) is 17.5. The van der Waals surface area contributed by atoms with Gasteiger partial charge in [-0.05, 0) is 35.4 Å². The van der Waals surface area contributed by atoms with Crippen molar-refractivity contribution >= 4 is 50.0 Å². The number of carbonyl (C=O) groups is 3. The minimum absolute atomic E-state index is 0.0277. The average molecular weight is 489 g/mol. The summed E-state index contributed by atoms with van der Waals surface area (Å²) in [5, 5.41) is 20.7. The van der Waals surface area contributed by atoms with Gasteiger partial charge in [0.15, 0.2) is 4.21 Å². The minimum atomic E-state index is -4.25. The molecule has 2 N–H and O–H groups in total. The Morgan fingerprint density at radius 3 is 2.15 bits per heavy atom. The van der Waals surface area contributed by atoms with E-state index >= 15 is 0 Å². The molecule has 2 aromatic carbocycles. The van der Waals surface area contributed by atoms with Crippen molar-refractivity contribution in [1.82, 2.24) is 9.21 Å². The van der Waals surface area contributed by atoms with Crippen LogP contribution in [-0.2, 0) is 10.0 Å². The average Bonchev–Trinajstić information content (AvgIpc) is 3.17. The summed E-state index contributed by atoms with van der Waals surface area (Å²) < 4.78 is 26.9. The molecular weight excluding hydrogens is 468 g/mol. The van der Waals surface area contributed by atoms with E-state index in [1.165, 1.54) is 6.92 Å². The first-order valence-electron chi connectivity index (χ1n) is 9.99. The molecule has 0 aliphatic carbocycles. The molecule has 0 bridgehead atoms. The molecule has 1 aliphatic heterocycles. The second kappa shape index (κ2) is 8.58. The zero-order chi connectivity index (χ0) is 23.9. The maximum absolute atomic E-state index is 13.2. The first-order valence-corrected chi connectivity index (χ1v) is 12.2. The number of hydrogen-bond acceptors (Lipinski definition) is 6. The Bertz CT molecular complexity index is 1390. The standard InChI is InChI=1S/C22H20N2O7S2/c1-13-17(20(26)27)22(32-18(13)21(28)29)33(30,31)24-10-8-23(9-11-24)19(25)16-7-6-14-4-2-3-5-15(14)12-16/h2-7,12H,8-11H2,1H3,(H,26,27)(H,28,29). The van der Waals surface area contributed by atoms with Crippen LogP contribution in [0.15, 0.2) is 46.7 Å². The number of amides is 1. The summed E-state index contributed by atoms with van der Waals surface area (Å²) >= 11 is 0.438. The van der Waals surface area contributed by atoms with Crippen molar-refractivity contribution in [1.29, 1.82) is 0 Å². The van der Waals surface area contributed by atoms with Gasteiger partial charge in [-0.3, -0.25) is 4.79 Å². The number of benzene rings is 2. The number of carbonyl (C=O) groups excluding carboxylic acids is 1. The third kappa shape index (κ3) is 4.10. The number of fused-ring (bicyclic) bond motifs is 1. The Morgan fingerprint density at radius 1 is 0.909 bits per heavy atom. The van der Waals surface area contributed by atoms with E-state index < -0.39 is 31.7 Å². The van der Waals surface area contributed by atoms with Crippen LogP contribution in [0.1, 0.15) is 36.0 Å². The van der Waals surface area contributed by atoms with Crippen LogP contribution in [0.2, 0.25) is 0 Å². The van der Waals surface area contributed by atoms with E-state index in [1.54, 1.807) is 17.0 Å². The molecule has 1 aromatic heterocycles. The molecule has 0 spiro atoms. The van der Waals surface area contributed by atoms with Gasteiger partial charge < -0.3 is 15.1 Å². The second-order valence-electron chi connectivity index (χ2n) is 7.59. The fourth-order valence-electron chi connectivity index (χ4n) is 3.87. The summed E-state index contributed by atoms with van der Waals surface area (Å²) in [5.41, 5.74) is -0.117. The number of hydrogen-bond donors (Lipinski definition) is 2. The lowest BCUT2D eigenvalue weighted by molar-refractivity contribution is 0.0690. The zero-order valence-corrected chi connectivity index (χ0v) is 19.1. The van der Waals surface area contributed by atoms with E-state index in [4.69, 9.17) is 0 Å². The van der Waals surface area contributed by atoms with Crippen molar-refractivity contribution in [3.63, 3.8) is 0 Å². The predicted octanol–water partition coefficient (Wildman–Crippen LogP) is 2.75. The van der Waals surface area contributed by atoms with E-state index in [0.717, 1.165) is 15.1 Å². The van der Waals surface area contributed by atoms with Crippen molar-refractivity contribution in [3.8, 4) is 0 Å². The van der Waals surface area contributed by atoms with Crippen LogP contribution in [0.4, 0.5) is 0 Å². The van der Waals surface area contributed by atoms with Gasteiger partial charge >= 0.3 is 11.9 Å². The van der Waals surface area contributed by atoms with E-state index in [0.29, 0.717) is 16.9 Å².